The molecule has 0 amide bonds. The first-order valence-corrected chi connectivity index (χ1v) is 6.89. The highest BCUT2D eigenvalue weighted by Gasteiger charge is 2.16. The highest BCUT2D eigenvalue weighted by molar-refractivity contribution is 5.54. The molecular weight excluding hydrogens is 224 g/mol. The molecule has 98 valence electrons. The Morgan fingerprint density at radius 1 is 1.22 bits per heavy atom. The van der Waals surface area contributed by atoms with Gasteiger partial charge in [-0.25, -0.2) is 0 Å². The molecule has 1 aliphatic rings. The van der Waals surface area contributed by atoms with Gasteiger partial charge in [0.2, 0.25) is 0 Å². The number of methoxy groups -OCH3 is 1. The van der Waals surface area contributed by atoms with Crippen LogP contribution in [0.15, 0.2) is 12.1 Å². The third kappa shape index (κ3) is 2.74. The lowest BCUT2D eigenvalue weighted by atomic mass is 9.91. The number of ether oxygens (including phenoxy) is 1. The van der Waals surface area contributed by atoms with E-state index in [1.165, 1.54) is 42.4 Å². The predicted molar refractivity (Wildman–Crippen MR) is 73.3 cm³/mol. The molecule has 0 heterocycles. The quantitative estimate of drug-likeness (QED) is 0.598. The molecule has 2 heteroatoms. The SMILES string of the molecule is COc1cc2c(cc1C(C)CC=O)CCCCC2. The number of hydrogen-bond acceptors (Lipinski definition) is 2. The van der Waals surface area contributed by atoms with Crippen molar-refractivity contribution in [1.29, 1.82) is 0 Å². The molecule has 0 aromatic heterocycles. The van der Waals surface area contributed by atoms with E-state index >= 15 is 0 Å². The second-order valence-corrected chi connectivity index (χ2v) is 5.23. The lowest BCUT2D eigenvalue weighted by Crippen LogP contribution is -2.02. The Morgan fingerprint density at radius 3 is 2.50 bits per heavy atom. The van der Waals surface area contributed by atoms with Crippen molar-refractivity contribution >= 4 is 6.29 Å². The van der Waals surface area contributed by atoms with Crippen LogP contribution >= 0.6 is 0 Å². The summed E-state index contributed by atoms with van der Waals surface area (Å²) in [6.07, 6.45) is 7.76. The number of aryl methyl sites for hydroxylation is 2. The van der Waals surface area contributed by atoms with Crippen molar-refractivity contribution in [3.05, 3.63) is 28.8 Å². The van der Waals surface area contributed by atoms with E-state index in [4.69, 9.17) is 4.74 Å². The van der Waals surface area contributed by atoms with Crippen LogP contribution in [0.4, 0.5) is 0 Å². The van der Waals surface area contributed by atoms with Crippen LogP contribution in [0.1, 0.15) is 55.2 Å². The Bertz CT molecular complexity index is 423. The molecule has 0 bridgehead atoms. The van der Waals surface area contributed by atoms with Gasteiger partial charge in [0.05, 0.1) is 7.11 Å². The largest absolute Gasteiger partial charge is 0.496 e. The van der Waals surface area contributed by atoms with Gasteiger partial charge in [0.1, 0.15) is 12.0 Å². The molecule has 1 aliphatic carbocycles. The Labute approximate surface area is 109 Å². The van der Waals surface area contributed by atoms with Gasteiger partial charge < -0.3 is 9.53 Å². The molecular formula is C16H22O2. The molecule has 1 aromatic rings. The van der Waals surface area contributed by atoms with E-state index in [1.54, 1.807) is 7.11 Å². The van der Waals surface area contributed by atoms with E-state index in [9.17, 15) is 4.79 Å². The second-order valence-electron chi connectivity index (χ2n) is 5.23. The maximum atomic E-state index is 10.7. The molecule has 0 aliphatic heterocycles. The highest BCUT2D eigenvalue weighted by atomic mass is 16.5. The molecule has 0 saturated carbocycles. The van der Waals surface area contributed by atoms with Crippen LogP contribution in [0, 0.1) is 0 Å². The Morgan fingerprint density at radius 2 is 1.89 bits per heavy atom. The fraction of sp³-hybridized carbons (Fsp3) is 0.562. The Balaban J connectivity index is 2.39. The summed E-state index contributed by atoms with van der Waals surface area (Å²) in [6, 6.07) is 4.46. The summed E-state index contributed by atoms with van der Waals surface area (Å²) in [4.78, 5) is 10.7. The average molecular weight is 246 g/mol. The Kier molecular flexibility index (Phi) is 4.40. The minimum absolute atomic E-state index is 0.242. The van der Waals surface area contributed by atoms with Crippen LogP contribution in [-0.4, -0.2) is 13.4 Å². The molecule has 0 N–H and O–H groups in total. The number of carbonyl (C=O) groups is 1. The molecule has 18 heavy (non-hydrogen) atoms. The fourth-order valence-corrected chi connectivity index (χ4v) is 2.79. The Hall–Kier alpha value is -1.31. The summed E-state index contributed by atoms with van der Waals surface area (Å²) in [7, 11) is 1.72. The van der Waals surface area contributed by atoms with Crippen molar-refractivity contribution in [3.8, 4) is 5.75 Å². The first-order chi connectivity index (χ1) is 8.76. The van der Waals surface area contributed by atoms with Crippen molar-refractivity contribution in [1.82, 2.24) is 0 Å². The van der Waals surface area contributed by atoms with Crippen LogP contribution in [0.2, 0.25) is 0 Å². The molecule has 0 saturated heterocycles. The van der Waals surface area contributed by atoms with E-state index in [-0.39, 0.29) is 5.92 Å². The summed E-state index contributed by atoms with van der Waals surface area (Å²) in [5.41, 5.74) is 4.08. The molecule has 1 aromatic carbocycles. The molecule has 1 atom stereocenters. The van der Waals surface area contributed by atoms with Gasteiger partial charge >= 0.3 is 0 Å². The van der Waals surface area contributed by atoms with E-state index in [0.29, 0.717) is 6.42 Å². The van der Waals surface area contributed by atoms with Crippen molar-refractivity contribution < 1.29 is 9.53 Å². The van der Waals surface area contributed by atoms with Crippen molar-refractivity contribution in [2.75, 3.05) is 7.11 Å². The number of carbonyl (C=O) groups excluding carboxylic acids is 1. The number of aldehydes is 1. The lowest BCUT2D eigenvalue weighted by molar-refractivity contribution is -0.108. The summed E-state index contributed by atoms with van der Waals surface area (Å²) >= 11 is 0. The number of rotatable bonds is 4. The monoisotopic (exact) mass is 246 g/mol. The molecule has 0 radical (unpaired) electrons. The molecule has 0 spiro atoms. The maximum Gasteiger partial charge on any atom is 0.122 e. The van der Waals surface area contributed by atoms with E-state index in [2.05, 4.69) is 19.1 Å². The zero-order chi connectivity index (χ0) is 13.0. The molecule has 2 nitrogen and oxygen atoms in total. The smallest absolute Gasteiger partial charge is 0.122 e. The zero-order valence-corrected chi connectivity index (χ0v) is 11.4. The summed E-state index contributed by atoms with van der Waals surface area (Å²) in [6.45, 7) is 2.09. The summed E-state index contributed by atoms with van der Waals surface area (Å²) in [5, 5.41) is 0. The summed E-state index contributed by atoms with van der Waals surface area (Å²) in [5.74, 6) is 1.19. The van der Waals surface area contributed by atoms with Crippen LogP contribution in [-0.2, 0) is 17.6 Å². The predicted octanol–water partition coefficient (Wildman–Crippen LogP) is 3.66. The average Bonchev–Trinajstić information content (AvgIpc) is 2.61. The van der Waals surface area contributed by atoms with E-state index in [0.717, 1.165) is 18.5 Å². The molecule has 1 unspecified atom stereocenters. The van der Waals surface area contributed by atoms with Crippen LogP contribution < -0.4 is 4.74 Å². The van der Waals surface area contributed by atoms with Gasteiger partial charge in [0.25, 0.3) is 0 Å². The minimum atomic E-state index is 0.242. The van der Waals surface area contributed by atoms with Gasteiger partial charge in [-0.15, -0.1) is 0 Å². The van der Waals surface area contributed by atoms with Gasteiger partial charge in [-0.2, -0.15) is 0 Å². The fourth-order valence-electron chi connectivity index (χ4n) is 2.79. The summed E-state index contributed by atoms with van der Waals surface area (Å²) < 4.78 is 5.50. The normalized spacial score (nSPS) is 16.6. The van der Waals surface area contributed by atoms with Gasteiger partial charge in [-0.3, -0.25) is 0 Å². The number of hydrogen-bond donors (Lipinski definition) is 0. The van der Waals surface area contributed by atoms with Crippen molar-refractivity contribution in [2.24, 2.45) is 0 Å². The van der Waals surface area contributed by atoms with Crippen LogP contribution in [0.3, 0.4) is 0 Å². The third-order valence-electron chi connectivity index (χ3n) is 3.92. The molecule has 0 fully saturated rings. The molecule has 2 rings (SSSR count). The zero-order valence-electron chi connectivity index (χ0n) is 11.4. The first kappa shape index (κ1) is 13.1. The highest BCUT2D eigenvalue weighted by Crippen LogP contribution is 2.33. The standard InChI is InChI=1S/C16H22O2/c1-12(8-9-17)15-10-13-6-4-3-5-7-14(13)11-16(15)18-2/h9-12H,3-8H2,1-2H3. The third-order valence-corrected chi connectivity index (χ3v) is 3.92. The first-order valence-electron chi connectivity index (χ1n) is 6.89. The topological polar surface area (TPSA) is 26.3 Å². The minimum Gasteiger partial charge on any atom is -0.496 e. The van der Waals surface area contributed by atoms with Gasteiger partial charge in [-0.05, 0) is 54.4 Å². The number of fused-ring (bicyclic) bond motifs is 1. The van der Waals surface area contributed by atoms with Crippen molar-refractivity contribution in [2.45, 2.75) is 51.4 Å². The second kappa shape index (κ2) is 6.03. The van der Waals surface area contributed by atoms with Crippen LogP contribution in [0.25, 0.3) is 0 Å². The van der Waals surface area contributed by atoms with E-state index in [1.807, 2.05) is 0 Å². The number of benzene rings is 1. The van der Waals surface area contributed by atoms with Crippen molar-refractivity contribution in [3.63, 3.8) is 0 Å². The van der Waals surface area contributed by atoms with Crippen LogP contribution in [0.5, 0.6) is 5.75 Å². The van der Waals surface area contributed by atoms with Gasteiger partial charge in [0, 0.05) is 6.42 Å². The maximum absolute atomic E-state index is 10.7. The van der Waals surface area contributed by atoms with Gasteiger partial charge in [0.15, 0.2) is 0 Å². The van der Waals surface area contributed by atoms with Gasteiger partial charge in [-0.1, -0.05) is 19.4 Å². The van der Waals surface area contributed by atoms with E-state index < -0.39 is 0 Å². The lowest BCUT2D eigenvalue weighted by Gasteiger charge is -2.17.